The SMILES string of the molecule is CCCCc1nc2c(C)ccc(C(=O)O)c2n1Cc1ccc(-c2ccccc2S(=O)(=O)NC(=O)OCC)cc1. The molecular weight excluding hydrogens is 518 g/mol. The van der Waals surface area contributed by atoms with Gasteiger partial charge >= 0.3 is 12.1 Å². The number of unbranched alkanes of at least 4 members (excludes halogenated alkanes) is 1. The summed E-state index contributed by atoms with van der Waals surface area (Å²) in [5.74, 6) is -0.179. The number of hydrogen-bond donors (Lipinski definition) is 2. The predicted molar refractivity (Wildman–Crippen MR) is 148 cm³/mol. The molecule has 0 unspecified atom stereocenters. The van der Waals surface area contributed by atoms with Gasteiger partial charge in [-0.25, -0.2) is 27.7 Å². The number of ether oxygens (including phenoxy) is 1. The van der Waals surface area contributed by atoms with E-state index in [1.165, 1.54) is 6.07 Å². The molecule has 10 heteroatoms. The van der Waals surface area contributed by atoms with E-state index in [4.69, 9.17) is 9.72 Å². The van der Waals surface area contributed by atoms with Crippen LogP contribution in [0.3, 0.4) is 0 Å². The number of amides is 1. The first kappa shape index (κ1) is 27.8. The van der Waals surface area contributed by atoms with Gasteiger partial charge in [-0.3, -0.25) is 0 Å². The van der Waals surface area contributed by atoms with Crippen LogP contribution in [-0.2, 0) is 27.7 Å². The van der Waals surface area contributed by atoms with Crippen LogP contribution in [0.25, 0.3) is 22.2 Å². The van der Waals surface area contributed by atoms with Crippen LogP contribution in [0.4, 0.5) is 4.79 Å². The van der Waals surface area contributed by atoms with Gasteiger partial charge in [0, 0.05) is 18.5 Å². The van der Waals surface area contributed by atoms with Crippen molar-refractivity contribution < 1.29 is 27.9 Å². The van der Waals surface area contributed by atoms with Crippen LogP contribution in [0.1, 0.15) is 54.0 Å². The van der Waals surface area contributed by atoms with Crippen molar-refractivity contribution in [3.63, 3.8) is 0 Å². The number of carbonyl (C=O) groups is 2. The molecule has 0 aliphatic rings. The third-order valence-electron chi connectivity index (χ3n) is 6.43. The van der Waals surface area contributed by atoms with E-state index >= 15 is 0 Å². The molecule has 1 amide bonds. The summed E-state index contributed by atoms with van der Waals surface area (Å²) in [5, 5.41) is 9.86. The number of benzene rings is 3. The third kappa shape index (κ3) is 5.96. The van der Waals surface area contributed by atoms with E-state index in [1.807, 2.05) is 40.5 Å². The highest BCUT2D eigenvalue weighted by atomic mass is 32.2. The zero-order valence-corrected chi connectivity index (χ0v) is 22.9. The molecule has 0 atom stereocenters. The molecule has 9 nitrogen and oxygen atoms in total. The molecule has 1 aromatic heterocycles. The van der Waals surface area contributed by atoms with Crippen LogP contribution in [0.15, 0.2) is 65.6 Å². The number of aryl methyl sites for hydroxylation is 2. The Hall–Kier alpha value is -4.18. The number of nitrogens with zero attached hydrogens (tertiary/aromatic N) is 2. The zero-order valence-electron chi connectivity index (χ0n) is 22.1. The van der Waals surface area contributed by atoms with Gasteiger partial charge < -0.3 is 14.4 Å². The number of nitrogens with one attached hydrogen (secondary N) is 1. The average molecular weight is 550 g/mol. The minimum Gasteiger partial charge on any atom is -0.478 e. The topological polar surface area (TPSA) is 128 Å². The number of rotatable bonds is 10. The molecule has 0 radical (unpaired) electrons. The maximum Gasteiger partial charge on any atom is 0.421 e. The fourth-order valence-electron chi connectivity index (χ4n) is 4.52. The number of carboxylic acids is 1. The smallest absolute Gasteiger partial charge is 0.421 e. The van der Waals surface area contributed by atoms with Gasteiger partial charge in [0.05, 0.1) is 28.1 Å². The summed E-state index contributed by atoms with van der Waals surface area (Å²) in [5.41, 5.74) is 4.38. The van der Waals surface area contributed by atoms with Crippen molar-refractivity contribution in [3.8, 4) is 11.1 Å². The first-order valence-electron chi connectivity index (χ1n) is 12.8. The Morgan fingerprint density at radius 3 is 2.41 bits per heavy atom. The van der Waals surface area contributed by atoms with E-state index < -0.39 is 22.1 Å². The van der Waals surface area contributed by atoms with Crippen LogP contribution in [0.2, 0.25) is 0 Å². The number of hydrogen-bond acceptors (Lipinski definition) is 6. The minimum atomic E-state index is -4.16. The normalized spacial score (nSPS) is 11.5. The third-order valence-corrected chi connectivity index (χ3v) is 7.81. The maximum atomic E-state index is 12.9. The maximum absolute atomic E-state index is 12.9. The van der Waals surface area contributed by atoms with Crippen LogP contribution in [0, 0.1) is 6.92 Å². The molecule has 0 aliphatic heterocycles. The molecule has 3 aromatic carbocycles. The van der Waals surface area contributed by atoms with Crippen LogP contribution < -0.4 is 4.72 Å². The average Bonchev–Trinajstić information content (AvgIpc) is 3.26. The Bertz CT molecular complexity index is 1630. The van der Waals surface area contributed by atoms with Gasteiger partial charge in [-0.2, -0.15) is 0 Å². The van der Waals surface area contributed by atoms with E-state index in [0.717, 1.165) is 36.2 Å². The summed E-state index contributed by atoms with van der Waals surface area (Å²) in [7, 11) is -4.16. The Morgan fingerprint density at radius 1 is 1.03 bits per heavy atom. The lowest BCUT2D eigenvalue weighted by molar-refractivity contribution is 0.0698. The first-order chi connectivity index (χ1) is 18.7. The lowest BCUT2D eigenvalue weighted by atomic mass is 10.0. The highest BCUT2D eigenvalue weighted by Crippen LogP contribution is 2.29. The molecule has 204 valence electrons. The van der Waals surface area contributed by atoms with Crippen molar-refractivity contribution >= 4 is 33.1 Å². The number of carbonyl (C=O) groups excluding carboxylic acids is 1. The molecule has 0 bridgehead atoms. The van der Waals surface area contributed by atoms with Gasteiger partial charge in [0.1, 0.15) is 5.82 Å². The fourth-order valence-corrected chi connectivity index (χ4v) is 5.64. The lowest BCUT2D eigenvalue weighted by Gasteiger charge is -2.13. The second kappa shape index (κ2) is 11.7. The van der Waals surface area contributed by atoms with Crippen LogP contribution in [-0.4, -0.2) is 41.7 Å². The number of carboxylic acid groups (broad SMARTS) is 1. The second-order valence-corrected chi connectivity index (χ2v) is 10.8. The van der Waals surface area contributed by atoms with Crippen molar-refractivity contribution in [3.05, 3.63) is 83.2 Å². The molecular formula is C29H31N3O6S. The zero-order chi connectivity index (χ0) is 28.2. The lowest BCUT2D eigenvalue weighted by Crippen LogP contribution is -2.31. The highest BCUT2D eigenvalue weighted by molar-refractivity contribution is 7.90. The van der Waals surface area contributed by atoms with Gasteiger partial charge in [0.25, 0.3) is 10.0 Å². The molecule has 0 spiro atoms. The number of fused-ring (bicyclic) bond motifs is 1. The molecule has 39 heavy (non-hydrogen) atoms. The quantitative estimate of drug-likeness (QED) is 0.266. The van der Waals surface area contributed by atoms with Crippen molar-refractivity contribution in [2.45, 2.75) is 51.5 Å². The molecule has 0 aliphatic carbocycles. The Labute approximate surface area is 227 Å². The Morgan fingerprint density at radius 2 is 1.74 bits per heavy atom. The van der Waals surface area contributed by atoms with Gasteiger partial charge in [0.15, 0.2) is 0 Å². The summed E-state index contributed by atoms with van der Waals surface area (Å²) in [6, 6.07) is 17.2. The molecule has 0 fully saturated rings. The van der Waals surface area contributed by atoms with Gasteiger partial charge in [-0.05, 0) is 49.1 Å². The van der Waals surface area contributed by atoms with Crippen molar-refractivity contribution in [2.75, 3.05) is 6.61 Å². The van der Waals surface area contributed by atoms with E-state index in [2.05, 4.69) is 6.92 Å². The number of sulfonamides is 1. The van der Waals surface area contributed by atoms with Gasteiger partial charge in [-0.15, -0.1) is 0 Å². The van der Waals surface area contributed by atoms with E-state index in [9.17, 15) is 23.1 Å². The Balaban J connectivity index is 1.71. The summed E-state index contributed by atoms with van der Waals surface area (Å²) < 4.78 is 34.4. The molecule has 4 aromatic rings. The van der Waals surface area contributed by atoms with E-state index in [-0.39, 0.29) is 17.1 Å². The molecule has 0 saturated heterocycles. The van der Waals surface area contributed by atoms with E-state index in [1.54, 1.807) is 37.3 Å². The Kier molecular flexibility index (Phi) is 8.35. The monoisotopic (exact) mass is 549 g/mol. The summed E-state index contributed by atoms with van der Waals surface area (Å²) >= 11 is 0. The van der Waals surface area contributed by atoms with Crippen molar-refractivity contribution in [2.24, 2.45) is 0 Å². The predicted octanol–water partition coefficient (Wildman–Crippen LogP) is 5.54. The molecule has 4 rings (SSSR count). The fraction of sp³-hybridized carbons (Fsp3) is 0.276. The van der Waals surface area contributed by atoms with Crippen LogP contribution >= 0.6 is 0 Å². The second-order valence-electron chi connectivity index (χ2n) is 9.17. The van der Waals surface area contributed by atoms with E-state index in [0.29, 0.717) is 28.7 Å². The molecule has 1 heterocycles. The number of aromatic nitrogens is 2. The summed E-state index contributed by atoms with van der Waals surface area (Å²) in [6.45, 7) is 6.06. The first-order valence-corrected chi connectivity index (χ1v) is 14.2. The number of aromatic carboxylic acids is 1. The minimum absolute atomic E-state index is 0.0460. The van der Waals surface area contributed by atoms with Crippen LogP contribution in [0.5, 0.6) is 0 Å². The van der Waals surface area contributed by atoms with Crippen molar-refractivity contribution in [1.82, 2.24) is 14.3 Å². The van der Waals surface area contributed by atoms with Gasteiger partial charge in [0.2, 0.25) is 0 Å². The largest absolute Gasteiger partial charge is 0.478 e. The van der Waals surface area contributed by atoms with Crippen molar-refractivity contribution in [1.29, 1.82) is 0 Å². The summed E-state index contributed by atoms with van der Waals surface area (Å²) in [4.78, 5) is 28.6. The van der Waals surface area contributed by atoms with Gasteiger partial charge in [-0.1, -0.05) is 61.9 Å². The highest BCUT2D eigenvalue weighted by Gasteiger charge is 2.23. The molecule has 2 N–H and O–H groups in total. The molecule has 0 saturated carbocycles. The standard InChI is InChI=1S/C29H31N3O6S/c1-4-6-11-25-30-26-19(3)12-17-23(28(33)34)27(26)32(25)18-20-13-15-21(16-14-20)22-9-7-8-10-24(22)39(36,37)31-29(35)38-5-2/h7-10,12-17H,4-6,11,18H2,1-3H3,(H,31,35)(H,33,34). The number of imidazole rings is 1. The summed E-state index contributed by atoms with van der Waals surface area (Å²) in [6.07, 6.45) is 1.59.